The van der Waals surface area contributed by atoms with Gasteiger partial charge in [-0.3, -0.25) is 4.79 Å². The summed E-state index contributed by atoms with van der Waals surface area (Å²) >= 11 is 5.92. The van der Waals surface area contributed by atoms with Crippen molar-refractivity contribution in [2.75, 3.05) is 0 Å². The summed E-state index contributed by atoms with van der Waals surface area (Å²) in [5, 5.41) is 17.0. The Labute approximate surface area is 149 Å². The number of hydrazone groups is 1. The van der Waals surface area contributed by atoms with Crippen molar-refractivity contribution in [3.8, 4) is 0 Å². The van der Waals surface area contributed by atoms with Gasteiger partial charge in [0.05, 0.1) is 12.0 Å². The van der Waals surface area contributed by atoms with Crippen LogP contribution in [0.2, 0.25) is 5.02 Å². The Morgan fingerprint density at radius 1 is 1.24 bits per heavy atom. The Balaban J connectivity index is 1.80. The van der Waals surface area contributed by atoms with Gasteiger partial charge in [-0.05, 0) is 42.7 Å². The molecule has 0 unspecified atom stereocenters. The second kappa shape index (κ2) is 7.53. The molecule has 1 aliphatic rings. The molecule has 1 atom stereocenters. The van der Waals surface area contributed by atoms with Crippen molar-refractivity contribution in [3.05, 3.63) is 59.0 Å². The fourth-order valence-electron chi connectivity index (χ4n) is 2.76. The normalized spacial score (nSPS) is 16.8. The first kappa shape index (κ1) is 17.2. The highest BCUT2D eigenvalue weighted by Gasteiger charge is 2.34. The molecule has 1 aromatic carbocycles. The van der Waals surface area contributed by atoms with Crippen LogP contribution in [0.5, 0.6) is 0 Å². The zero-order valence-corrected chi connectivity index (χ0v) is 14.1. The summed E-state index contributed by atoms with van der Waals surface area (Å²) in [6.07, 6.45) is 2.21. The van der Waals surface area contributed by atoms with Crippen molar-refractivity contribution in [1.29, 1.82) is 0 Å². The van der Waals surface area contributed by atoms with Crippen molar-refractivity contribution >= 4 is 29.2 Å². The number of hydrogen-bond donors (Lipinski definition) is 0. The average Bonchev–Trinajstić information content (AvgIpc) is 3.24. The van der Waals surface area contributed by atoms with Gasteiger partial charge >= 0.3 is 0 Å². The molecule has 7 heteroatoms. The van der Waals surface area contributed by atoms with Gasteiger partial charge in [0.15, 0.2) is 0 Å². The van der Waals surface area contributed by atoms with E-state index in [0.717, 1.165) is 11.3 Å². The molecule has 130 valence electrons. The number of halogens is 1. The van der Waals surface area contributed by atoms with Gasteiger partial charge in [0.2, 0.25) is 5.91 Å². The number of carbonyl (C=O) groups is 2. The first-order chi connectivity index (χ1) is 12.0. The Hall–Kier alpha value is -2.60. The van der Waals surface area contributed by atoms with Crippen LogP contribution >= 0.6 is 11.6 Å². The lowest BCUT2D eigenvalue weighted by atomic mass is 10.0. The van der Waals surface area contributed by atoms with Crippen molar-refractivity contribution in [2.45, 2.75) is 31.7 Å². The molecule has 0 fully saturated rings. The van der Waals surface area contributed by atoms with Gasteiger partial charge in [-0.25, -0.2) is 5.01 Å². The summed E-state index contributed by atoms with van der Waals surface area (Å²) in [5.41, 5.74) is 1.64. The Kier molecular flexibility index (Phi) is 5.19. The molecule has 2 aromatic rings. The molecule has 25 heavy (non-hydrogen) atoms. The second-order valence-corrected chi connectivity index (χ2v) is 6.19. The third kappa shape index (κ3) is 4.09. The van der Waals surface area contributed by atoms with E-state index in [1.807, 2.05) is 12.1 Å². The molecular weight excluding hydrogens is 344 g/mol. The van der Waals surface area contributed by atoms with Crippen LogP contribution < -0.4 is 5.11 Å². The zero-order valence-electron chi connectivity index (χ0n) is 13.4. The maximum absolute atomic E-state index is 12.5. The SMILES string of the molecule is O=C([O-])CCCC(=O)N1N=C(c2ccc(Cl)cc2)C[C@H]1c1ccco1. The third-order valence-corrected chi connectivity index (χ3v) is 4.24. The summed E-state index contributed by atoms with van der Waals surface area (Å²) in [6.45, 7) is 0. The number of aliphatic carboxylic acids is 1. The van der Waals surface area contributed by atoms with E-state index in [1.165, 1.54) is 5.01 Å². The van der Waals surface area contributed by atoms with Crippen LogP contribution in [0.3, 0.4) is 0 Å². The van der Waals surface area contributed by atoms with E-state index >= 15 is 0 Å². The predicted molar refractivity (Wildman–Crippen MR) is 89.8 cm³/mol. The summed E-state index contributed by atoms with van der Waals surface area (Å²) in [5.74, 6) is -0.769. The lowest BCUT2D eigenvalue weighted by molar-refractivity contribution is -0.305. The minimum absolute atomic E-state index is 0.0859. The maximum Gasteiger partial charge on any atom is 0.243 e. The van der Waals surface area contributed by atoms with Gasteiger partial charge in [-0.15, -0.1) is 0 Å². The van der Waals surface area contributed by atoms with Crippen LogP contribution in [-0.2, 0) is 9.59 Å². The number of rotatable bonds is 6. The average molecular weight is 360 g/mol. The van der Waals surface area contributed by atoms with Crippen LogP contribution in [0.25, 0.3) is 0 Å². The summed E-state index contributed by atoms with van der Waals surface area (Å²) in [7, 11) is 0. The van der Waals surface area contributed by atoms with Gasteiger partial charge in [0.1, 0.15) is 11.8 Å². The molecule has 0 radical (unpaired) electrons. The Morgan fingerprint density at radius 3 is 2.64 bits per heavy atom. The third-order valence-electron chi connectivity index (χ3n) is 3.99. The molecule has 0 saturated carbocycles. The minimum atomic E-state index is -1.16. The molecule has 2 heterocycles. The molecule has 0 N–H and O–H groups in total. The highest BCUT2D eigenvalue weighted by molar-refractivity contribution is 6.30. The molecule has 1 aliphatic heterocycles. The molecule has 6 nitrogen and oxygen atoms in total. The number of amides is 1. The van der Waals surface area contributed by atoms with E-state index in [4.69, 9.17) is 16.0 Å². The summed E-state index contributed by atoms with van der Waals surface area (Å²) in [6, 6.07) is 10.5. The molecule has 1 aromatic heterocycles. The predicted octanol–water partition coefficient (Wildman–Crippen LogP) is 2.53. The van der Waals surface area contributed by atoms with Crippen LogP contribution in [0.4, 0.5) is 0 Å². The summed E-state index contributed by atoms with van der Waals surface area (Å²) < 4.78 is 5.45. The maximum atomic E-state index is 12.5. The fraction of sp³-hybridized carbons (Fsp3) is 0.278. The molecule has 0 bridgehead atoms. The quantitative estimate of drug-likeness (QED) is 0.793. The first-order valence-corrected chi connectivity index (χ1v) is 8.31. The van der Waals surface area contributed by atoms with E-state index in [2.05, 4.69) is 5.10 Å². The fourth-order valence-corrected chi connectivity index (χ4v) is 2.88. The van der Waals surface area contributed by atoms with E-state index in [-0.39, 0.29) is 31.2 Å². The van der Waals surface area contributed by atoms with Gasteiger partial charge in [-0.1, -0.05) is 23.7 Å². The van der Waals surface area contributed by atoms with E-state index in [1.54, 1.807) is 30.5 Å². The van der Waals surface area contributed by atoms with E-state index < -0.39 is 5.97 Å². The molecule has 1 amide bonds. The molecule has 0 saturated heterocycles. The monoisotopic (exact) mass is 359 g/mol. The Bertz CT molecular complexity index is 784. The molecular formula is C18H16ClN2O4-. The number of carboxylic acids is 1. The second-order valence-electron chi connectivity index (χ2n) is 5.75. The van der Waals surface area contributed by atoms with Gasteiger partial charge in [0.25, 0.3) is 0 Å². The smallest absolute Gasteiger partial charge is 0.243 e. The number of benzene rings is 1. The standard InChI is InChI=1S/C18H17ClN2O4/c19-13-8-6-12(7-9-13)14-11-15(16-3-2-10-25-16)21(20-14)17(22)4-1-5-18(23)24/h2-3,6-10,15H,1,4-5,11H2,(H,23,24)/p-1/t15-/m0/s1. The highest BCUT2D eigenvalue weighted by atomic mass is 35.5. The van der Waals surface area contributed by atoms with Crippen molar-refractivity contribution in [2.24, 2.45) is 5.10 Å². The number of carboxylic acid groups (broad SMARTS) is 1. The van der Waals surface area contributed by atoms with Crippen LogP contribution in [0, 0.1) is 0 Å². The van der Waals surface area contributed by atoms with Crippen molar-refractivity contribution in [1.82, 2.24) is 5.01 Å². The largest absolute Gasteiger partial charge is 0.550 e. The number of furan rings is 1. The number of nitrogens with zero attached hydrogens (tertiary/aromatic N) is 2. The van der Waals surface area contributed by atoms with Crippen LogP contribution in [-0.4, -0.2) is 22.6 Å². The molecule has 3 rings (SSSR count). The van der Waals surface area contributed by atoms with Gasteiger partial charge < -0.3 is 14.3 Å². The number of hydrogen-bond acceptors (Lipinski definition) is 5. The first-order valence-electron chi connectivity index (χ1n) is 7.93. The minimum Gasteiger partial charge on any atom is -0.550 e. The molecule has 0 spiro atoms. The topological polar surface area (TPSA) is 85.9 Å². The van der Waals surface area contributed by atoms with Gasteiger partial charge in [-0.2, -0.15) is 5.10 Å². The van der Waals surface area contributed by atoms with Crippen LogP contribution in [0.15, 0.2) is 52.2 Å². The van der Waals surface area contributed by atoms with E-state index in [9.17, 15) is 14.7 Å². The molecule has 0 aliphatic carbocycles. The summed E-state index contributed by atoms with van der Waals surface area (Å²) in [4.78, 5) is 23.0. The van der Waals surface area contributed by atoms with Gasteiger partial charge in [0, 0.05) is 23.8 Å². The Morgan fingerprint density at radius 2 is 2.00 bits per heavy atom. The highest BCUT2D eigenvalue weighted by Crippen LogP contribution is 2.33. The lowest BCUT2D eigenvalue weighted by Crippen LogP contribution is -2.27. The van der Waals surface area contributed by atoms with Crippen molar-refractivity contribution < 1.29 is 19.1 Å². The van der Waals surface area contributed by atoms with Crippen molar-refractivity contribution in [3.63, 3.8) is 0 Å². The zero-order chi connectivity index (χ0) is 17.8. The van der Waals surface area contributed by atoms with Crippen LogP contribution in [0.1, 0.15) is 43.0 Å². The lowest BCUT2D eigenvalue weighted by Gasteiger charge is -2.19. The number of carbonyl (C=O) groups excluding carboxylic acids is 2. The van der Waals surface area contributed by atoms with E-state index in [0.29, 0.717) is 17.2 Å².